The molecule has 1 N–H and O–H groups in total. The van der Waals surface area contributed by atoms with E-state index in [9.17, 15) is 4.79 Å². The summed E-state index contributed by atoms with van der Waals surface area (Å²) in [7, 11) is 0. The summed E-state index contributed by atoms with van der Waals surface area (Å²) in [5.41, 5.74) is 0.938. The Labute approximate surface area is 112 Å². The van der Waals surface area contributed by atoms with Gasteiger partial charge in [-0.2, -0.15) is 0 Å². The lowest BCUT2D eigenvalue weighted by molar-refractivity contribution is -0.138. The van der Waals surface area contributed by atoms with Gasteiger partial charge in [0.05, 0.1) is 24.8 Å². The lowest BCUT2D eigenvalue weighted by atomic mass is 10.1. The maximum Gasteiger partial charge on any atom is 0.305 e. The van der Waals surface area contributed by atoms with Crippen LogP contribution in [0, 0.1) is 6.92 Å². The average molecular weight is 265 g/mol. The molecule has 0 saturated carbocycles. The molecule has 0 atom stereocenters. The molecule has 6 heteroatoms. The van der Waals surface area contributed by atoms with Gasteiger partial charge in [0.2, 0.25) is 0 Å². The maximum atomic E-state index is 10.4. The van der Waals surface area contributed by atoms with Gasteiger partial charge >= 0.3 is 5.97 Å². The number of rotatable bonds is 5. The molecule has 1 aromatic heterocycles. The van der Waals surface area contributed by atoms with Crippen LogP contribution < -0.4 is 4.90 Å². The molecule has 1 aliphatic rings. The van der Waals surface area contributed by atoms with Crippen molar-refractivity contribution in [2.24, 2.45) is 0 Å². The van der Waals surface area contributed by atoms with Gasteiger partial charge in [0.25, 0.3) is 0 Å². The summed E-state index contributed by atoms with van der Waals surface area (Å²) in [4.78, 5) is 21.2. The Morgan fingerprint density at radius 1 is 1.42 bits per heavy atom. The molecule has 1 aliphatic heterocycles. The second-order valence-corrected chi connectivity index (χ2v) is 4.67. The largest absolute Gasteiger partial charge is 0.481 e. The minimum absolute atomic E-state index is 0.0729. The lowest BCUT2D eigenvalue weighted by Crippen LogP contribution is -2.38. The number of carboxylic acid groups (broad SMARTS) is 1. The second kappa shape index (κ2) is 6.47. The minimum atomic E-state index is -0.812. The number of aryl methyl sites for hydroxylation is 1. The van der Waals surface area contributed by atoms with Gasteiger partial charge in [0, 0.05) is 25.5 Å². The molecule has 0 aliphatic carbocycles. The van der Waals surface area contributed by atoms with Crippen LogP contribution in [0.25, 0.3) is 0 Å². The second-order valence-electron chi connectivity index (χ2n) is 4.67. The number of piperidine rings is 1. The highest BCUT2D eigenvalue weighted by Gasteiger charge is 2.21. The fraction of sp³-hybridized carbons (Fsp3) is 0.615. The van der Waals surface area contributed by atoms with Crippen molar-refractivity contribution in [1.29, 1.82) is 0 Å². The first-order valence-corrected chi connectivity index (χ1v) is 6.53. The maximum absolute atomic E-state index is 10.4. The summed E-state index contributed by atoms with van der Waals surface area (Å²) in [5, 5.41) is 8.56. The van der Waals surface area contributed by atoms with Crippen LogP contribution in [0.2, 0.25) is 0 Å². The highest BCUT2D eigenvalue weighted by atomic mass is 16.5. The zero-order valence-electron chi connectivity index (χ0n) is 11.1. The number of carbonyl (C=O) groups is 1. The van der Waals surface area contributed by atoms with E-state index in [0.29, 0.717) is 6.61 Å². The zero-order valence-corrected chi connectivity index (χ0v) is 11.1. The Morgan fingerprint density at radius 3 is 2.74 bits per heavy atom. The molecule has 2 rings (SSSR count). The van der Waals surface area contributed by atoms with Gasteiger partial charge in [-0.1, -0.05) is 0 Å². The number of carboxylic acids is 1. The minimum Gasteiger partial charge on any atom is -0.481 e. The molecule has 1 fully saturated rings. The van der Waals surface area contributed by atoms with E-state index in [1.807, 2.05) is 6.92 Å². The zero-order chi connectivity index (χ0) is 13.7. The van der Waals surface area contributed by atoms with Gasteiger partial charge in [0.15, 0.2) is 0 Å². The van der Waals surface area contributed by atoms with Crippen LogP contribution in [0.5, 0.6) is 0 Å². The molecule has 6 nitrogen and oxygen atoms in total. The summed E-state index contributed by atoms with van der Waals surface area (Å²) in [6.45, 7) is 4.00. The first kappa shape index (κ1) is 13.7. The summed E-state index contributed by atoms with van der Waals surface area (Å²) in [6.07, 6.45) is 5.43. The number of aromatic nitrogens is 2. The van der Waals surface area contributed by atoms with Crippen molar-refractivity contribution in [3.63, 3.8) is 0 Å². The highest BCUT2D eigenvalue weighted by molar-refractivity contribution is 5.66. The Bertz CT molecular complexity index is 431. The molecule has 19 heavy (non-hydrogen) atoms. The molecule has 0 unspecified atom stereocenters. The van der Waals surface area contributed by atoms with E-state index in [2.05, 4.69) is 14.9 Å². The van der Waals surface area contributed by atoms with E-state index in [1.54, 1.807) is 12.4 Å². The molecule has 0 amide bonds. The van der Waals surface area contributed by atoms with Crippen LogP contribution in [0.4, 0.5) is 5.82 Å². The topological polar surface area (TPSA) is 75.5 Å². The quantitative estimate of drug-likeness (QED) is 0.863. The first-order valence-electron chi connectivity index (χ1n) is 6.53. The van der Waals surface area contributed by atoms with Crippen molar-refractivity contribution in [1.82, 2.24) is 9.97 Å². The van der Waals surface area contributed by atoms with Gasteiger partial charge < -0.3 is 14.7 Å². The standard InChI is InChI=1S/C13H19N3O3/c1-10-13(15-6-5-14-10)16-7-2-11(3-8-16)19-9-4-12(17)18/h5-6,11H,2-4,7-9H2,1H3,(H,17,18). The Balaban J connectivity index is 1.79. The fourth-order valence-corrected chi connectivity index (χ4v) is 2.26. The lowest BCUT2D eigenvalue weighted by Gasteiger charge is -2.33. The van der Waals surface area contributed by atoms with Gasteiger partial charge in [-0.3, -0.25) is 9.78 Å². The molecule has 0 aromatic carbocycles. The molecule has 0 spiro atoms. The van der Waals surface area contributed by atoms with Crippen molar-refractivity contribution in [3.8, 4) is 0 Å². The number of anilines is 1. The predicted octanol–water partition coefficient (Wildman–Crippen LogP) is 1.25. The fourth-order valence-electron chi connectivity index (χ4n) is 2.26. The molecule has 104 valence electrons. The first-order chi connectivity index (χ1) is 9.16. The number of hydrogen-bond donors (Lipinski definition) is 1. The highest BCUT2D eigenvalue weighted by Crippen LogP contribution is 2.21. The monoisotopic (exact) mass is 265 g/mol. The van der Waals surface area contributed by atoms with Crippen LogP contribution in [0.1, 0.15) is 25.0 Å². The summed E-state index contributed by atoms with van der Waals surface area (Å²) in [6, 6.07) is 0. The summed E-state index contributed by atoms with van der Waals surface area (Å²) >= 11 is 0. The van der Waals surface area contributed by atoms with Gasteiger partial charge in [0.1, 0.15) is 5.82 Å². The normalized spacial score (nSPS) is 16.6. The number of hydrogen-bond acceptors (Lipinski definition) is 5. The Hall–Kier alpha value is -1.69. The Morgan fingerprint density at radius 2 is 2.11 bits per heavy atom. The van der Waals surface area contributed by atoms with Crippen LogP contribution in [0.3, 0.4) is 0 Å². The molecule has 1 aromatic rings. The van der Waals surface area contributed by atoms with Crippen molar-refractivity contribution in [2.45, 2.75) is 32.3 Å². The van der Waals surface area contributed by atoms with Crippen LogP contribution in [-0.2, 0) is 9.53 Å². The van der Waals surface area contributed by atoms with E-state index in [-0.39, 0.29) is 12.5 Å². The van der Waals surface area contributed by atoms with Crippen LogP contribution in [-0.4, -0.2) is 46.8 Å². The molecular weight excluding hydrogens is 246 g/mol. The third-order valence-corrected chi connectivity index (χ3v) is 3.27. The third kappa shape index (κ3) is 3.89. The summed E-state index contributed by atoms with van der Waals surface area (Å²) in [5.74, 6) is 0.124. The van der Waals surface area contributed by atoms with Gasteiger partial charge in [-0.15, -0.1) is 0 Å². The predicted molar refractivity (Wildman–Crippen MR) is 70.2 cm³/mol. The molecule has 0 bridgehead atoms. The van der Waals surface area contributed by atoms with E-state index in [4.69, 9.17) is 9.84 Å². The average Bonchev–Trinajstić information content (AvgIpc) is 2.40. The molecule has 0 radical (unpaired) electrons. The summed E-state index contributed by atoms with van der Waals surface area (Å²) < 4.78 is 5.56. The van der Waals surface area contributed by atoms with Crippen molar-refractivity contribution in [2.75, 3.05) is 24.6 Å². The van der Waals surface area contributed by atoms with Gasteiger partial charge in [-0.25, -0.2) is 4.98 Å². The number of ether oxygens (including phenoxy) is 1. The SMILES string of the molecule is Cc1nccnc1N1CCC(OCCC(=O)O)CC1. The third-order valence-electron chi connectivity index (χ3n) is 3.27. The van der Waals surface area contributed by atoms with E-state index >= 15 is 0 Å². The number of aliphatic carboxylic acids is 1. The van der Waals surface area contributed by atoms with E-state index < -0.39 is 5.97 Å². The van der Waals surface area contributed by atoms with E-state index in [0.717, 1.165) is 37.4 Å². The van der Waals surface area contributed by atoms with Crippen LogP contribution in [0.15, 0.2) is 12.4 Å². The molecular formula is C13H19N3O3. The van der Waals surface area contributed by atoms with E-state index in [1.165, 1.54) is 0 Å². The van der Waals surface area contributed by atoms with Gasteiger partial charge in [-0.05, 0) is 19.8 Å². The smallest absolute Gasteiger partial charge is 0.305 e. The molecule has 1 saturated heterocycles. The Kier molecular flexibility index (Phi) is 4.68. The van der Waals surface area contributed by atoms with Crippen molar-refractivity contribution in [3.05, 3.63) is 18.1 Å². The van der Waals surface area contributed by atoms with Crippen molar-refractivity contribution < 1.29 is 14.6 Å². The number of nitrogens with zero attached hydrogens (tertiary/aromatic N) is 3. The van der Waals surface area contributed by atoms with Crippen molar-refractivity contribution >= 4 is 11.8 Å². The van der Waals surface area contributed by atoms with Crippen LogP contribution >= 0.6 is 0 Å². The molecule has 2 heterocycles.